The molecule has 1 aromatic rings. The second-order valence-corrected chi connectivity index (χ2v) is 5.05. The summed E-state index contributed by atoms with van der Waals surface area (Å²) >= 11 is 0. The molecule has 0 aromatic heterocycles. The van der Waals surface area contributed by atoms with E-state index in [0.29, 0.717) is 6.61 Å². The van der Waals surface area contributed by atoms with Gasteiger partial charge >= 0.3 is 5.97 Å². The third kappa shape index (κ3) is 4.15. The smallest absolute Gasteiger partial charge is 0.303 e. The summed E-state index contributed by atoms with van der Waals surface area (Å²) in [5.41, 5.74) is 1.18. The van der Waals surface area contributed by atoms with E-state index in [1.165, 1.54) is 5.56 Å². The molecule has 3 heteroatoms. The Morgan fingerprint density at radius 1 is 1.28 bits per heavy atom. The molecular weight excluding hydrogens is 228 g/mol. The first kappa shape index (κ1) is 13.1. The molecule has 18 heavy (non-hydrogen) atoms. The van der Waals surface area contributed by atoms with Crippen molar-refractivity contribution >= 4 is 5.97 Å². The molecule has 1 aliphatic rings. The summed E-state index contributed by atoms with van der Waals surface area (Å²) < 4.78 is 5.89. The van der Waals surface area contributed by atoms with Crippen molar-refractivity contribution in [1.29, 1.82) is 0 Å². The Bertz CT molecular complexity index is 375. The van der Waals surface area contributed by atoms with Crippen LogP contribution in [0.3, 0.4) is 0 Å². The average molecular weight is 248 g/mol. The van der Waals surface area contributed by atoms with Crippen molar-refractivity contribution in [2.45, 2.75) is 44.8 Å². The summed E-state index contributed by atoms with van der Waals surface area (Å²) in [6.45, 7) is 0.630. The topological polar surface area (TPSA) is 46.5 Å². The summed E-state index contributed by atoms with van der Waals surface area (Å²) in [6.07, 6.45) is 4.56. The minimum atomic E-state index is -0.691. The van der Waals surface area contributed by atoms with E-state index in [2.05, 4.69) is 12.1 Å². The van der Waals surface area contributed by atoms with Gasteiger partial charge in [-0.25, -0.2) is 0 Å². The Morgan fingerprint density at radius 2 is 2.06 bits per heavy atom. The number of carbonyl (C=O) groups is 1. The minimum absolute atomic E-state index is 0.225. The molecule has 2 unspecified atom stereocenters. The molecule has 1 aromatic carbocycles. The molecule has 2 atom stereocenters. The van der Waals surface area contributed by atoms with Gasteiger partial charge in [0.1, 0.15) is 0 Å². The van der Waals surface area contributed by atoms with Crippen molar-refractivity contribution in [3.8, 4) is 0 Å². The quantitative estimate of drug-likeness (QED) is 0.870. The van der Waals surface area contributed by atoms with Gasteiger partial charge in [0, 0.05) is 6.42 Å². The largest absolute Gasteiger partial charge is 0.481 e. The Morgan fingerprint density at radius 3 is 2.78 bits per heavy atom. The summed E-state index contributed by atoms with van der Waals surface area (Å²) in [6, 6.07) is 10.1. The number of carboxylic acids is 1. The van der Waals surface area contributed by atoms with Crippen LogP contribution in [0.25, 0.3) is 0 Å². The predicted octanol–water partition coefficient (Wildman–Crippen LogP) is 3.24. The lowest BCUT2D eigenvalue weighted by Crippen LogP contribution is -2.24. The second-order valence-electron chi connectivity index (χ2n) is 5.05. The van der Waals surface area contributed by atoms with E-state index in [9.17, 15) is 4.79 Å². The van der Waals surface area contributed by atoms with Gasteiger partial charge in [-0.2, -0.15) is 0 Å². The van der Waals surface area contributed by atoms with Crippen LogP contribution in [0.2, 0.25) is 0 Å². The van der Waals surface area contributed by atoms with E-state index in [1.54, 1.807) is 0 Å². The summed E-state index contributed by atoms with van der Waals surface area (Å²) in [5, 5.41) is 8.82. The van der Waals surface area contributed by atoms with Crippen LogP contribution in [-0.4, -0.2) is 17.2 Å². The number of ether oxygens (including phenoxy) is 1. The van der Waals surface area contributed by atoms with Gasteiger partial charge in [0.05, 0.1) is 12.7 Å². The monoisotopic (exact) mass is 248 g/mol. The van der Waals surface area contributed by atoms with Gasteiger partial charge in [0.15, 0.2) is 0 Å². The second kappa shape index (κ2) is 6.55. The van der Waals surface area contributed by atoms with Crippen LogP contribution in [0.15, 0.2) is 30.3 Å². The number of aliphatic carboxylic acids is 1. The van der Waals surface area contributed by atoms with Crippen LogP contribution >= 0.6 is 0 Å². The first-order valence-electron chi connectivity index (χ1n) is 6.61. The van der Waals surface area contributed by atoms with Crippen molar-refractivity contribution in [2.24, 2.45) is 5.92 Å². The maximum atomic E-state index is 10.7. The highest BCUT2D eigenvalue weighted by molar-refractivity contribution is 5.67. The van der Waals surface area contributed by atoms with Gasteiger partial charge < -0.3 is 9.84 Å². The molecule has 0 amide bonds. The number of hydrogen-bond donors (Lipinski definition) is 1. The Hall–Kier alpha value is -1.35. The van der Waals surface area contributed by atoms with Crippen molar-refractivity contribution in [3.63, 3.8) is 0 Å². The van der Waals surface area contributed by atoms with E-state index < -0.39 is 5.97 Å². The zero-order valence-electron chi connectivity index (χ0n) is 10.5. The third-order valence-corrected chi connectivity index (χ3v) is 3.53. The minimum Gasteiger partial charge on any atom is -0.481 e. The lowest BCUT2D eigenvalue weighted by atomic mass is 9.85. The molecule has 0 radical (unpaired) electrons. The highest BCUT2D eigenvalue weighted by Crippen LogP contribution is 2.29. The van der Waals surface area contributed by atoms with Gasteiger partial charge in [0.2, 0.25) is 0 Å². The summed E-state index contributed by atoms with van der Waals surface area (Å²) in [7, 11) is 0. The number of rotatable bonds is 5. The Balaban J connectivity index is 1.77. The molecule has 2 rings (SSSR count). The fourth-order valence-electron chi connectivity index (χ4n) is 2.61. The third-order valence-electron chi connectivity index (χ3n) is 3.53. The lowest BCUT2D eigenvalue weighted by molar-refractivity contribution is -0.138. The first-order valence-corrected chi connectivity index (χ1v) is 6.61. The number of hydrogen-bond acceptors (Lipinski definition) is 2. The number of carboxylic acid groups (broad SMARTS) is 1. The molecule has 0 aliphatic heterocycles. The van der Waals surface area contributed by atoms with E-state index in [-0.39, 0.29) is 18.4 Å². The average Bonchev–Trinajstić information content (AvgIpc) is 2.37. The molecule has 1 fully saturated rings. The Kier molecular flexibility index (Phi) is 4.76. The maximum Gasteiger partial charge on any atom is 0.303 e. The fourth-order valence-corrected chi connectivity index (χ4v) is 2.61. The lowest BCUT2D eigenvalue weighted by Gasteiger charge is -2.28. The first-order chi connectivity index (χ1) is 8.74. The Labute approximate surface area is 108 Å². The van der Waals surface area contributed by atoms with Crippen molar-refractivity contribution < 1.29 is 14.6 Å². The van der Waals surface area contributed by atoms with Crippen LogP contribution in [0.4, 0.5) is 0 Å². The van der Waals surface area contributed by atoms with Crippen molar-refractivity contribution in [3.05, 3.63) is 35.9 Å². The van der Waals surface area contributed by atoms with Gasteiger partial charge in [-0.15, -0.1) is 0 Å². The summed E-state index contributed by atoms with van der Waals surface area (Å²) in [4.78, 5) is 10.7. The van der Waals surface area contributed by atoms with Crippen LogP contribution in [0.5, 0.6) is 0 Å². The predicted molar refractivity (Wildman–Crippen MR) is 69.2 cm³/mol. The SMILES string of the molecule is O=C(O)CC1CCCC(OCc2ccccc2)C1. The molecule has 3 nitrogen and oxygen atoms in total. The molecule has 0 heterocycles. The van der Waals surface area contributed by atoms with Crippen molar-refractivity contribution in [2.75, 3.05) is 0 Å². The molecule has 0 spiro atoms. The van der Waals surface area contributed by atoms with Crippen LogP contribution in [0, 0.1) is 5.92 Å². The van der Waals surface area contributed by atoms with Crippen LogP contribution in [0.1, 0.15) is 37.7 Å². The van der Waals surface area contributed by atoms with Gasteiger partial charge in [-0.1, -0.05) is 36.8 Å². The van der Waals surface area contributed by atoms with Crippen molar-refractivity contribution in [1.82, 2.24) is 0 Å². The highest BCUT2D eigenvalue weighted by atomic mass is 16.5. The fraction of sp³-hybridized carbons (Fsp3) is 0.533. The van der Waals surface area contributed by atoms with Crippen LogP contribution < -0.4 is 0 Å². The van der Waals surface area contributed by atoms with Crippen LogP contribution in [-0.2, 0) is 16.1 Å². The van der Waals surface area contributed by atoms with E-state index in [4.69, 9.17) is 9.84 Å². The van der Waals surface area contributed by atoms with E-state index in [0.717, 1.165) is 25.7 Å². The normalized spacial score (nSPS) is 23.8. The van der Waals surface area contributed by atoms with E-state index in [1.807, 2.05) is 18.2 Å². The molecule has 1 N–H and O–H groups in total. The molecule has 98 valence electrons. The zero-order chi connectivity index (χ0) is 12.8. The van der Waals surface area contributed by atoms with E-state index >= 15 is 0 Å². The molecular formula is C15H20O3. The highest BCUT2D eigenvalue weighted by Gasteiger charge is 2.24. The summed E-state index contributed by atoms with van der Waals surface area (Å²) in [5.74, 6) is -0.402. The molecule has 1 aliphatic carbocycles. The molecule has 1 saturated carbocycles. The van der Waals surface area contributed by atoms with Gasteiger partial charge in [-0.05, 0) is 30.7 Å². The molecule has 0 bridgehead atoms. The number of benzene rings is 1. The zero-order valence-corrected chi connectivity index (χ0v) is 10.5. The van der Waals surface area contributed by atoms with Gasteiger partial charge in [0.25, 0.3) is 0 Å². The molecule has 0 saturated heterocycles. The van der Waals surface area contributed by atoms with Gasteiger partial charge in [-0.3, -0.25) is 4.79 Å². The maximum absolute atomic E-state index is 10.7. The standard InChI is InChI=1S/C15H20O3/c16-15(17)10-13-7-4-8-14(9-13)18-11-12-5-2-1-3-6-12/h1-3,5-6,13-14H,4,7-11H2,(H,16,17).